The first-order valence-corrected chi connectivity index (χ1v) is 14.0. The van der Waals surface area contributed by atoms with Gasteiger partial charge in [-0.15, -0.1) is 0 Å². The first kappa shape index (κ1) is 18.7. The van der Waals surface area contributed by atoms with E-state index in [0.717, 1.165) is 6.42 Å². The van der Waals surface area contributed by atoms with Crippen LogP contribution in [-0.2, 0) is 0 Å². The van der Waals surface area contributed by atoms with E-state index in [-0.39, 0.29) is 0 Å². The topological polar surface area (TPSA) is 0 Å². The fourth-order valence-electron chi connectivity index (χ4n) is 4.63. The van der Waals surface area contributed by atoms with E-state index in [9.17, 15) is 0 Å². The summed E-state index contributed by atoms with van der Waals surface area (Å²) >= 11 is 4.60. The monoisotopic (exact) mass is 436 g/mol. The Bertz CT molecular complexity index is 832. The van der Waals surface area contributed by atoms with Gasteiger partial charge in [-0.2, -0.15) is 0 Å². The van der Waals surface area contributed by atoms with Crippen LogP contribution in [-0.4, -0.2) is 5.66 Å². The van der Waals surface area contributed by atoms with Crippen molar-refractivity contribution in [2.45, 2.75) is 31.8 Å². The average molecular weight is 437 g/mol. The molecule has 3 aromatic rings. The standard InChI is InChI=1S/C25H26BrP/c1-21-17-19-25(20-18-21)27(26,22-11-5-2-6-12-22,23-13-7-3-8-14-23)24-15-9-4-10-16-24/h2-17,25H,18-20H2,1H3. The summed E-state index contributed by atoms with van der Waals surface area (Å²) in [6, 6.07) is 33.5. The van der Waals surface area contributed by atoms with Crippen molar-refractivity contribution in [2.75, 3.05) is 0 Å². The molecule has 0 fully saturated rings. The number of hydrogen-bond acceptors (Lipinski definition) is 0. The first-order chi connectivity index (χ1) is 13.1. The van der Waals surface area contributed by atoms with Crippen LogP contribution in [0.25, 0.3) is 0 Å². The van der Waals surface area contributed by atoms with E-state index >= 15 is 0 Å². The number of hydrogen-bond donors (Lipinski definition) is 0. The molecular weight excluding hydrogens is 411 g/mol. The molecular formula is C25H26BrP. The van der Waals surface area contributed by atoms with E-state index < -0.39 is 5.31 Å². The molecule has 0 bridgehead atoms. The molecule has 4 rings (SSSR count). The molecule has 1 atom stereocenters. The number of halogens is 1. The quantitative estimate of drug-likeness (QED) is 0.331. The van der Waals surface area contributed by atoms with Crippen molar-refractivity contribution in [3.05, 3.63) is 103 Å². The Hall–Kier alpha value is -1.69. The minimum atomic E-state index is -2.80. The third-order valence-electron chi connectivity index (χ3n) is 6.08. The molecule has 3 aromatic carbocycles. The van der Waals surface area contributed by atoms with Gasteiger partial charge in [-0.25, -0.2) is 0 Å². The molecule has 0 amide bonds. The molecule has 1 unspecified atom stereocenters. The number of rotatable bonds is 4. The second kappa shape index (κ2) is 7.38. The van der Waals surface area contributed by atoms with Gasteiger partial charge in [-0.3, -0.25) is 0 Å². The molecule has 1 aliphatic rings. The van der Waals surface area contributed by atoms with E-state index in [4.69, 9.17) is 0 Å². The Morgan fingerprint density at radius 3 is 1.44 bits per heavy atom. The molecule has 0 aromatic heterocycles. The fourth-order valence-corrected chi connectivity index (χ4v) is 13.4. The summed E-state index contributed by atoms with van der Waals surface area (Å²) in [7, 11) is 0. The molecule has 0 nitrogen and oxygen atoms in total. The second-order valence-corrected chi connectivity index (χ2v) is 16.4. The van der Waals surface area contributed by atoms with Crippen LogP contribution < -0.4 is 15.9 Å². The summed E-state index contributed by atoms with van der Waals surface area (Å²) in [5, 5.41) is 1.49. The first-order valence-electron chi connectivity index (χ1n) is 9.70. The van der Waals surface area contributed by atoms with Crippen LogP contribution in [0.15, 0.2) is 103 Å². The van der Waals surface area contributed by atoms with Crippen molar-refractivity contribution < 1.29 is 0 Å². The number of allylic oxidation sites excluding steroid dienone is 2. The van der Waals surface area contributed by atoms with Crippen LogP contribution in [0.3, 0.4) is 0 Å². The summed E-state index contributed by atoms with van der Waals surface area (Å²) in [5.74, 6) is 0. The third kappa shape index (κ3) is 2.93. The fraction of sp³-hybridized carbons (Fsp3) is 0.200. The van der Waals surface area contributed by atoms with Gasteiger partial charge in [0.25, 0.3) is 0 Å². The Morgan fingerprint density at radius 2 is 1.11 bits per heavy atom. The molecule has 0 saturated heterocycles. The van der Waals surface area contributed by atoms with Gasteiger partial charge in [0.2, 0.25) is 0 Å². The SMILES string of the molecule is CC1=CCC(P(Br)(c2ccccc2)(c2ccccc2)c2ccccc2)CC1. The normalized spacial score (nSPS) is 19.0. The predicted octanol–water partition coefficient (Wildman–Crippen LogP) is 6.32. The minimum absolute atomic E-state index is 0.548. The van der Waals surface area contributed by atoms with Gasteiger partial charge in [-0.1, -0.05) is 0 Å². The van der Waals surface area contributed by atoms with Crippen LogP contribution in [0, 0.1) is 0 Å². The van der Waals surface area contributed by atoms with Crippen LogP contribution in [0.5, 0.6) is 0 Å². The summed E-state index contributed by atoms with van der Waals surface area (Å²) < 4.78 is 0. The van der Waals surface area contributed by atoms with E-state index in [1.165, 1.54) is 34.3 Å². The second-order valence-electron chi connectivity index (χ2n) is 7.56. The van der Waals surface area contributed by atoms with Crippen molar-refractivity contribution >= 4 is 36.7 Å². The van der Waals surface area contributed by atoms with Crippen molar-refractivity contribution in [1.82, 2.24) is 0 Å². The van der Waals surface area contributed by atoms with Crippen molar-refractivity contribution in [2.24, 2.45) is 0 Å². The maximum absolute atomic E-state index is 4.60. The molecule has 0 saturated carbocycles. The molecule has 0 radical (unpaired) electrons. The molecule has 0 heterocycles. The zero-order valence-electron chi connectivity index (χ0n) is 15.8. The predicted molar refractivity (Wildman–Crippen MR) is 125 cm³/mol. The van der Waals surface area contributed by atoms with Gasteiger partial charge >= 0.3 is 171 Å². The van der Waals surface area contributed by atoms with Crippen LogP contribution in [0.2, 0.25) is 0 Å². The molecule has 27 heavy (non-hydrogen) atoms. The maximum atomic E-state index is 4.60. The van der Waals surface area contributed by atoms with Gasteiger partial charge in [-0.05, 0) is 0 Å². The third-order valence-corrected chi connectivity index (χ3v) is 17.3. The van der Waals surface area contributed by atoms with E-state index in [1.54, 1.807) is 0 Å². The van der Waals surface area contributed by atoms with Crippen molar-refractivity contribution in [1.29, 1.82) is 0 Å². The molecule has 2 heteroatoms. The average Bonchev–Trinajstić information content (AvgIpc) is 2.76. The van der Waals surface area contributed by atoms with E-state index in [1.807, 2.05) is 0 Å². The molecule has 1 aliphatic carbocycles. The Kier molecular flexibility index (Phi) is 5.10. The summed E-state index contributed by atoms with van der Waals surface area (Å²) in [5.41, 5.74) is 2.07. The van der Waals surface area contributed by atoms with Gasteiger partial charge in [0, 0.05) is 0 Å². The zero-order chi connectivity index (χ0) is 18.8. The molecule has 138 valence electrons. The van der Waals surface area contributed by atoms with E-state index in [0.29, 0.717) is 5.66 Å². The number of benzene rings is 3. The Balaban J connectivity index is 2.10. The molecule has 0 aliphatic heterocycles. The Morgan fingerprint density at radius 1 is 0.704 bits per heavy atom. The molecule has 0 spiro atoms. The van der Waals surface area contributed by atoms with Gasteiger partial charge in [0.05, 0.1) is 0 Å². The zero-order valence-corrected chi connectivity index (χ0v) is 18.2. The van der Waals surface area contributed by atoms with Crippen LogP contribution >= 0.6 is 20.8 Å². The van der Waals surface area contributed by atoms with Gasteiger partial charge < -0.3 is 0 Å². The summed E-state index contributed by atoms with van der Waals surface area (Å²) in [4.78, 5) is 0. The van der Waals surface area contributed by atoms with Crippen LogP contribution in [0.1, 0.15) is 26.2 Å². The van der Waals surface area contributed by atoms with Crippen molar-refractivity contribution in [3.63, 3.8) is 0 Å². The summed E-state index contributed by atoms with van der Waals surface area (Å²) in [6.45, 7) is 2.27. The van der Waals surface area contributed by atoms with Gasteiger partial charge in [0.1, 0.15) is 0 Å². The summed E-state index contributed by atoms with van der Waals surface area (Å²) in [6.07, 6.45) is 5.98. The molecule has 0 N–H and O–H groups in total. The Labute approximate surface area is 171 Å². The van der Waals surface area contributed by atoms with Crippen molar-refractivity contribution in [3.8, 4) is 0 Å². The van der Waals surface area contributed by atoms with E-state index in [2.05, 4.69) is 119 Å². The van der Waals surface area contributed by atoms with Crippen LogP contribution in [0.4, 0.5) is 0 Å². The van der Waals surface area contributed by atoms with Gasteiger partial charge in [0.15, 0.2) is 0 Å².